The minimum absolute atomic E-state index is 0.0444. The standard InChI is InChI=1S/C15H13BrO2/c1-11(17)13-5-3-7-15(9-13)18-10-12-4-2-6-14(16)8-12/h2-9H,10H2,1H3. The molecule has 0 heterocycles. The van der Waals surface area contributed by atoms with E-state index < -0.39 is 0 Å². The molecule has 2 aromatic carbocycles. The van der Waals surface area contributed by atoms with Crippen LogP contribution in [-0.4, -0.2) is 5.78 Å². The largest absolute Gasteiger partial charge is 0.489 e. The van der Waals surface area contributed by atoms with Crippen LogP contribution in [0.15, 0.2) is 53.0 Å². The first-order chi connectivity index (χ1) is 8.65. The predicted molar refractivity (Wildman–Crippen MR) is 74.9 cm³/mol. The van der Waals surface area contributed by atoms with E-state index in [1.165, 1.54) is 0 Å². The van der Waals surface area contributed by atoms with Gasteiger partial charge in [0.05, 0.1) is 0 Å². The number of Topliss-reactive ketones (excluding diaryl/α,β-unsaturated/α-hetero) is 1. The highest BCUT2D eigenvalue weighted by Gasteiger charge is 2.01. The van der Waals surface area contributed by atoms with Crippen molar-refractivity contribution < 1.29 is 9.53 Å². The fourth-order valence-electron chi connectivity index (χ4n) is 1.60. The number of ether oxygens (including phenoxy) is 1. The van der Waals surface area contributed by atoms with E-state index in [9.17, 15) is 4.79 Å². The molecule has 0 aromatic heterocycles. The Morgan fingerprint density at radius 2 is 1.94 bits per heavy atom. The molecule has 92 valence electrons. The summed E-state index contributed by atoms with van der Waals surface area (Å²) in [5, 5.41) is 0. The molecule has 0 aliphatic heterocycles. The minimum Gasteiger partial charge on any atom is -0.489 e. The summed E-state index contributed by atoms with van der Waals surface area (Å²) in [6.45, 7) is 2.04. The Balaban J connectivity index is 2.06. The highest BCUT2D eigenvalue weighted by molar-refractivity contribution is 9.10. The smallest absolute Gasteiger partial charge is 0.159 e. The van der Waals surface area contributed by atoms with Crippen molar-refractivity contribution in [2.24, 2.45) is 0 Å². The summed E-state index contributed by atoms with van der Waals surface area (Å²) >= 11 is 3.42. The molecular weight excluding hydrogens is 292 g/mol. The van der Waals surface area contributed by atoms with Crippen LogP contribution in [-0.2, 0) is 6.61 Å². The predicted octanol–water partition coefficient (Wildman–Crippen LogP) is 4.23. The van der Waals surface area contributed by atoms with Gasteiger partial charge in [0, 0.05) is 10.0 Å². The van der Waals surface area contributed by atoms with Gasteiger partial charge in [-0.2, -0.15) is 0 Å². The lowest BCUT2D eigenvalue weighted by molar-refractivity contribution is 0.101. The van der Waals surface area contributed by atoms with Crippen molar-refractivity contribution in [3.8, 4) is 5.75 Å². The van der Waals surface area contributed by atoms with Crippen molar-refractivity contribution in [1.82, 2.24) is 0 Å². The summed E-state index contributed by atoms with van der Waals surface area (Å²) in [6, 6.07) is 15.2. The van der Waals surface area contributed by atoms with E-state index in [1.54, 1.807) is 19.1 Å². The lowest BCUT2D eigenvalue weighted by atomic mass is 10.1. The van der Waals surface area contributed by atoms with Gasteiger partial charge < -0.3 is 4.74 Å². The van der Waals surface area contributed by atoms with E-state index in [1.807, 2.05) is 36.4 Å². The summed E-state index contributed by atoms with van der Waals surface area (Å²) in [7, 11) is 0. The molecule has 18 heavy (non-hydrogen) atoms. The molecule has 0 bridgehead atoms. The molecule has 0 radical (unpaired) electrons. The summed E-state index contributed by atoms with van der Waals surface area (Å²) in [4.78, 5) is 11.3. The van der Waals surface area contributed by atoms with Gasteiger partial charge in [0.2, 0.25) is 0 Å². The van der Waals surface area contributed by atoms with Crippen molar-refractivity contribution in [2.75, 3.05) is 0 Å². The SMILES string of the molecule is CC(=O)c1cccc(OCc2cccc(Br)c2)c1. The number of rotatable bonds is 4. The van der Waals surface area contributed by atoms with E-state index in [-0.39, 0.29) is 5.78 Å². The monoisotopic (exact) mass is 304 g/mol. The summed E-state index contributed by atoms with van der Waals surface area (Å²) in [6.07, 6.45) is 0. The van der Waals surface area contributed by atoms with Crippen LogP contribution < -0.4 is 4.74 Å². The molecule has 0 N–H and O–H groups in total. The summed E-state index contributed by atoms with van der Waals surface area (Å²) in [5.41, 5.74) is 1.75. The third-order valence-electron chi connectivity index (χ3n) is 2.54. The fraction of sp³-hybridized carbons (Fsp3) is 0.133. The van der Waals surface area contributed by atoms with Gasteiger partial charge in [0.15, 0.2) is 5.78 Å². The van der Waals surface area contributed by atoms with Crippen LogP contribution in [0.4, 0.5) is 0 Å². The Morgan fingerprint density at radius 3 is 2.67 bits per heavy atom. The van der Waals surface area contributed by atoms with Crippen LogP contribution in [0.1, 0.15) is 22.8 Å². The van der Waals surface area contributed by atoms with E-state index in [0.29, 0.717) is 17.9 Å². The Labute approximate surface area is 115 Å². The number of hydrogen-bond donors (Lipinski definition) is 0. The van der Waals surface area contributed by atoms with Crippen LogP contribution in [0.2, 0.25) is 0 Å². The number of benzene rings is 2. The van der Waals surface area contributed by atoms with Gasteiger partial charge in [-0.05, 0) is 36.8 Å². The van der Waals surface area contributed by atoms with Crippen LogP contribution in [0.3, 0.4) is 0 Å². The van der Waals surface area contributed by atoms with Crippen molar-refractivity contribution in [1.29, 1.82) is 0 Å². The van der Waals surface area contributed by atoms with Gasteiger partial charge in [-0.25, -0.2) is 0 Å². The zero-order chi connectivity index (χ0) is 13.0. The number of halogens is 1. The molecule has 3 heteroatoms. The lowest BCUT2D eigenvalue weighted by Crippen LogP contribution is -1.97. The molecule has 0 amide bonds. The summed E-state index contributed by atoms with van der Waals surface area (Å²) < 4.78 is 6.69. The van der Waals surface area contributed by atoms with Crippen LogP contribution in [0.25, 0.3) is 0 Å². The van der Waals surface area contributed by atoms with E-state index in [2.05, 4.69) is 15.9 Å². The molecule has 0 aliphatic rings. The minimum atomic E-state index is 0.0444. The van der Waals surface area contributed by atoms with Crippen molar-refractivity contribution in [3.63, 3.8) is 0 Å². The molecule has 0 unspecified atom stereocenters. The quantitative estimate of drug-likeness (QED) is 0.790. The number of hydrogen-bond acceptors (Lipinski definition) is 2. The first-order valence-corrected chi connectivity index (χ1v) is 6.43. The van der Waals surface area contributed by atoms with E-state index in [0.717, 1.165) is 10.0 Å². The second-order valence-electron chi connectivity index (χ2n) is 4.00. The van der Waals surface area contributed by atoms with Crippen LogP contribution in [0, 0.1) is 0 Å². The zero-order valence-electron chi connectivity index (χ0n) is 10.0. The Hall–Kier alpha value is -1.61. The first kappa shape index (κ1) is 12.8. The third-order valence-corrected chi connectivity index (χ3v) is 3.03. The summed E-state index contributed by atoms with van der Waals surface area (Å²) in [5.74, 6) is 0.755. The number of carbonyl (C=O) groups excluding carboxylic acids is 1. The molecular formula is C15H13BrO2. The van der Waals surface area contributed by atoms with Crippen LogP contribution in [0.5, 0.6) is 5.75 Å². The number of carbonyl (C=O) groups is 1. The molecule has 0 saturated carbocycles. The first-order valence-electron chi connectivity index (χ1n) is 5.63. The average molecular weight is 305 g/mol. The Kier molecular flexibility index (Phi) is 4.15. The van der Waals surface area contributed by atoms with Crippen LogP contribution >= 0.6 is 15.9 Å². The second kappa shape index (κ2) is 5.83. The maximum Gasteiger partial charge on any atom is 0.159 e. The number of ketones is 1. The molecule has 2 rings (SSSR count). The third kappa shape index (κ3) is 3.44. The highest BCUT2D eigenvalue weighted by Crippen LogP contribution is 2.17. The van der Waals surface area contributed by atoms with Gasteiger partial charge in [0.25, 0.3) is 0 Å². The van der Waals surface area contributed by atoms with E-state index in [4.69, 9.17) is 4.74 Å². The molecule has 0 aliphatic carbocycles. The van der Waals surface area contributed by atoms with Gasteiger partial charge in [0.1, 0.15) is 12.4 Å². The Bertz CT molecular complexity index is 564. The highest BCUT2D eigenvalue weighted by atomic mass is 79.9. The maximum atomic E-state index is 11.3. The van der Waals surface area contributed by atoms with Gasteiger partial charge in [-0.3, -0.25) is 4.79 Å². The molecule has 0 spiro atoms. The van der Waals surface area contributed by atoms with Crippen molar-refractivity contribution in [3.05, 3.63) is 64.1 Å². The van der Waals surface area contributed by atoms with Gasteiger partial charge in [-0.15, -0.1) is 0 Å². The normalized spacial score (nSPS) is 10.1. The second-order valence-corrected chi connectivity index (χ2v) is 4.92. The average Bonchev–Trinajstić information content (AvgIpc) is 2.37. The topological polar surface area (TPSA) is 26.3 Å². The Morgan fingerprint density at radius 1 is 1.17 bits per heavy atom. The lowest BCUT2D eigenvalue weighted by Gasteiger charge is -2.07. The molecule has 0 atom stereocenters. The van der Waals surface area contributed by atoms with Gasteiger partial charge >= 0.3 is 0 Å². The fourth-order valence-corrected chi connectivity index (χ4v) is 2.04. The zero-order valence-corrected chi connectivity index (χ0v) is 11.6. The van der Waals surface area contributed by atoms with Crippen molar-refractivity contribution >= 4 is 21.7 Å². The van der Waals surface area contributed by atoms with E-state index >= 15 is 0 Å². The molecule has 0 fully saturated rings. The molecule has 0 saturated heterocycles. The molecule has 2 nitrogen and oxygen atoms in total. The van der Waals surface area contributed by atoms with Crippen molar-refractivity contribution in [2.45, 2.75) is 13.5 Å². The molecule has 2 aromatic rings. The van der Waals surface area contributed by atoms with Gasteiger partial charge in [-0.1, -0.05) is 40.2 Å². The maximum absolute atomic E-state index is 11.3.